The van der Waals surface area contributed by atoms with Crippen LogP contribution in [0.1, 0.15) is 11.1 Å². The fourth-order valence-electron chi connectivity index (χ4n) is 3.62. The second-order valence-corrected chi connectivity index (χ2v) is 7.60. The van der Waals surface area contributed by atoms with Crippen molar-refractivity contribution in [3.05, 3.63) is 96.3 Å². The van der Waals surface area contributed by atoms with E-state index in [-0.39, 0.29) is 12.4 Å². The third kappa shape index (κ3) is 4.27. The molecule has 9 heteroatoms. The number of rotatable bonds is 5. The molecule has 0 radical (unpaired) electrons. The van der Waals surface area contributed by atoms with E-state index in [0.29, 0.717) is 28.0 Å². The Morgan fingerprint density at radius 2 is 1.50 bits per heavy atom. The maximum atomic E-state index is 12.9. The van der Waals surface area contributed by atoms with Gasteiger partial charge in [0, 0.05) is 5.56 Å². The highest BCUT2D eigenvalue weighted by Gasteiger charge is 2.30. The molecule has 2 N–H and O–H groups in total. The molecule has 6 nitrogen and oxygen atoms in total. The molecule has 3 aromatic carbocycles. The van der Waals surface area contributed by atoms with Crippen LogP contribution in [0.3, 0.4) is 0 Å². The molecule has 0 saturated heterocycles. The van der Waals surface area contributed by atoms with E-state index in [0.717, 1.165) is 23.4 Å². The molecule has 0 bridgehead atoms. The number of hydrogen-bond donors (Lipinski definition) is 1. The number of fused-ring (bicyclic) bond motifs is 1. The smallest absolute Gasteiger partial charge is 0.416 e. The maximum Gasteiger partial charge on any atom is 0.416 e. The van der Waals surface area contributed by atoms with Crippen molar-refractivity contribution in [3.8, 4) is 22.8 Å². The Morgan fingerprint density at radius 3 is 2.18 bits per heavy atom. The predicted molar refractivity (Wildman–Crippen MR) is 122 cm³/mol. The zero-order chi connectivity index (χ0) is 23.7. The van der Waals surface area contributed by atoms with E-state index < -0.39 is 11.7 Å². The molecule has 0 aliphatic carbocycles. The molecule has 0 fully saturated rings. The topological polar surface area (TPSA) is 78.8 Å². The van der Waals surface area contributed by atoms with Gasteiger partial charge in [0.2, 0.25) is 0 Å². The van der Waals surface area contributed by atoms with E-state index in [1.165, 1.54) is 18.5 Å². The number of nitrogens with two attached hydrogens (primary N) is 1. The van der Waals surface area contributed by atoms with Gasteiger partial charge in [-0.1, -0.05) is 30.3 Å². The van der Waals surface area contributed by atoms with Crippen molar-refractivity contribution in [1.29, 1.82) is 0 Å². The lowest BCUT2D eigenvalue weighted by atomic mass is 10.1. The number of ether oxygens (including phenoxy) is 1. The molecule has 0 spiro atoms. The number of halogens is 3. The van der Waals surface area contributed by atoms with Gasteiger partial charge in [-0.05, 0) is 54.1 Å². The summed E-state index contributed by atoms with van der Waals surface area (Å²) in [7, 11) is 0. The summed E-state index contributed by atoms with van der Waals surface area (Å²) in [6.45, 7) is 0.223. The van der Waals surface area contributed by atoms with E-state index in [9.17, 15) is 13.2 Å². The Bertz CT molecular complexity index is 1430. The highest BCUT2D eigenvalue weighted by atomic mass is 19.4. The van der Waals surface area contributed by atoms with Crippen molar-refractivity contribution in [2.45, 2.75) is 12.7 Å². The van der Waals surface area contributed by atoms with E-state index in [1.807, 2.05) is 54.6 Å². The number of anilines is 1. The van der Waals surface area contributed by atoms with Gasteiger partial charge in [0.25, 0.3) is 0 Å². The van der Waals surface area contributed by atoms with Crippen LogP contribution in [0, 0.1) is 0 Å². The molecular weight excluding hydrogens is 443 g/mol. The first-order valence-corrected chi connectivity index (χ1v) is 10.3. The van der Waals surface area contributed by atoms with Crippen molar-refractivity contribution in [2.24, 2.45) is 0 Å². The lowest BCUT2D eigenvalue weighted by molar-refractivity contribution is -0.137. The monoisotopic (exact) mass is 461 g/mol. The van der Waals surface area contributed by atoms with Gasteiger partial charge >= 0.3 is 6.18 Å². The highest BCUT2D eigenvalue weighted by molar-refractivity contribution is 5.98. The Balaban J connectivity index is 1.48. The number of benzene rings is 3. The minimum Gasteiger partial charge on any atom is -0.457 e. The van der Waals surface area contributed by atoms with Crippen LogP contribution in [-0.2, 0) is 12.7 Å². The van der Waals surface area contributed by atoms with E-state index in [4.69, 9.17) is 10.5 Å². The van der Waals surface area contributed by atoms with Crippen LogP contribution >= 0.6 is 0 Å². The summed E-state index contributed by atoms with van der Waals surface area (Å²) in [5.74, 6) is 1.65. The van der Waals surface area contributed by atoms with Crippen molar-refractivity contribution in [2.75, 3.05) is 5.73 Å². The van der Waals surface area contributed by atoms with Gasteiger partial charge in [-0.2, -0.15) is 18.3 Å². The van der Waals surface area contributed by atoms with Gasteiger partial charge < -0.3 is 10.5 Å². The van der Waals surface area contributed by atoms with Gasteiger partial charge in [0.05, 0.1) is 17.5 Å². The SMILES string of the molecule is Nc1ncnc2c1c(-c1ccc(Oc3ccccc3)cc1)nn2Cc1ccc(C(F)(F)F)cc1. The molecule has 0 unspecified atom stereocenters. The molecule has 2 aromatic heterocycles. The van der Waals surface area contributed by atoms with Crippen LogP contribution < -0.4 is 10.5 Å². The van der Waals surface area contributed by atoms with Crippen LogP contribution in [0.5, 0.6) is 11.5 Å². The largest absolute Gasteiger partial charge is 0.457 e. The second-order valence-electron chi connectivity index (χ2n) is 7.60. The minimum atomic E-state index is -4.39. The molecular formula is C25H18F3N5O. The number of hydrogen-bond acceptors (Lipinski definition) is 5. The van der Waals surface area contributed by atoms with Crippen molar-refractivity contribution >= 4 is 16.9 Å². The number of para-hydroxylation sites is 1. The van der Waals surface area contributed by atoms with Gasteiger partial charge in [-0.25, -0.2) is 14.6 Å². The van der Waals surface area contributed by atoms with Gasteiger partial charge in [-0.3, -0.25) is 0 Å². The highest BCUT2D eigenvalue weighted by Crippen LogP contribution is 2.33. The number of nitrogens with zero attached hydrogens (tertiary/aromatic N) is 4. The normalized spacial score (nSPS) is 11.6. The fraction of sp³-hybridized carbons (Fsp3) is 0.0800. The molecule has 5 rings (SSSR count). The summed E-state index contributed by atoms with van der Waals surface area (Å²) in [5, 5.41) is 5.25. The molecule has 5 aromatic rings. The Morgan fingerprint density at radius 1 is 0.824 bits per heavy atom. The first-order valence-electron chi connectivity index (χ1n) is 10.3. The molecule has 0 amide bonds. The van der Waals surface area contributed by atoms with E-state index in [2.05, 4.69) is 15.1 Å². The summed E-state index contributed by atoms with van der Waals surface area (Å²) in [6, 6.07) is 21.7. The number of nitrogen functional groups attached to an aromatic ring is 1. The van der Waals surface area contributed by atoms with E-state index >= 15 is 0 Å². The first kappa shape index (κ1) is 21.4. The van der Waals surface area contributed by atoms with Gasteiger partial charge in [-0.15, -0.1) is 0 Å². The van der Waals surface area contributed by atoms with Crippen LogP contribution in [0.15, 0.2) is 85.2 Å². The minimum absolute atomic E-state index is 0.223. The average molecular weight is 461 g/mol. The van der Waals surface area contributed by atoms with E-state index in [1.54, 1.807) is 4.68 Å². The Labute approximate surface area is 192 Å². The van der Waals surface area contributed by atoms with Crippen LogP contribution in [0.2, 0.25) is 0 Å². The number of alkyl halides is 3. The standard InChI is InChI=1S/C25H18F3N5O/c26-25(27,28)18-10-6-16(7-11-18)14-33-24-21(23(29)30-15-31-24)22(32-33)17-8-12-20(13-9-17)34-19-4-2-1-3-5-19/h1-13,15H,14H2,(H2,29,30,31). The van der Waals surface area contributed by atoms with Crippen LogP contribution in [0.4, 0.5) is 19.0 Å². The zero-order valence-corrected chi connectivity index (χ0v) is 17.7. The number of aromatic nitrogens is 4. The summed E-state index contributed by atoms with van der Waals surface area (Å²) in [6.07, 6.45) is -3.05. The summed E-state index contributed by atoms with van der Waals surface area (Å²) >= 11 is 0. The molecule has 0 aliphatic rings. The lowest BCUT2D eigenvalue weighted by Crippen LogP contribution is -2.06. The fourth-order valence-corrected chi connectivity index (χ4v) is 3.62. The Kier molecular flexibility index (Phi) is 5.37. The molecule has 34 heavy (non-hydrogen) atoms. The molecule has 2 heterocycles. The summed E-state index contributed by atoms with van der Waals surface area (Å²) < 4.78 is 46.1. The summed E-state index contributed by atoms with van der Waals surface area (Å²) in [4.78, 5) is 8.41. The van der Waals surface area contributed by atoms with Crippen LogP contribution in [0.25, 0.3) is 22.3 Å². The predicted octanol–water partition coefficient (Wildman–Crippen LogP) is 5.93. The van der Waals surface area contributed by atoms with Crippen molar-refractivity contribution in [3.63, 3.8) is 0 Å². The van der Waals surface area contributed by atoms with Crippen LogP contribution in [-0.4, -0.2) is 19.7 Å². The Hall–Kier alpha value is -4.40. The zero-order valence-electron chi connectivity index (χ0n) is 17.7. The summed E-state index contributed by atoms with van der Waals surface area (Å²) in [5.41, 5.74) is 7.93. The van der Waals surface area contributed by atoms with Gasteiger partial charge in [0.15, 0.2) is 5.65 Å². The third-order valence-corrected chi connectivity index (χ3v) is 5.28. The molecule has 0 atom stereocenters. The van der Waals surface area contributed by atoms with Crippen molar-refractivity contribution < 1.29 is 17.9 Å². The second kappa shape index (κ2) is 8.51. The average Bonchev–Trinajstić information content (AvgIpc) is 3.20. The molecule has 0 aliphatic heterocycles. The van der Waals surface area contributed by atoms with Crippen molar-refractivity contribution in [1.82, 2.24) is 19.7 Å². The lowest BCUT2D eigenvalue weighted by Gasteiger charge is -2.08. The quantitative estimate of drug-likeness (QED) is 0.351. The van der Waals surface area contributed by atoms with Gasteiger partial charge in [0.1, 0.15) is 29.3 Å². The first-order chi connectivity index (χ1) is 16.4. The molecule has 0 saturated carbocycles. The third-order valence-electron chi connectivity index (χ3n) is 5.28. The molecule has 170 valence electrons. The maximum absolute atomic E-state index is 12.9.